The summed E-state index contributed by atoms with van der Waals surface area (Å²) < 4.78 is 1.32. The van der Waals surface area contributed by atoms with Gasteiger partial charge >= 0.3 is 5.97 Å². The molecule has 1 atom stereocenters. The highest BCUT2D eigenvalue weighted by atomic mass is 16.6. The number of carboxylic acid groups (broad SMARTS) is 1. The van der Waals surface area contributed by atoms with Crippen LogP contribution in [0.15, 0.2) is 30.6 Å². The zero-order chi connectivity index (χ0) is 15.4. The summed E-state index contributed by atoms with van der Waals surface area (Å²) in [4.78, 5) is 24.5. The SMILES string of the molecule is O=C(O)CC(O)Cn1cnc(-c2ccc([N+](=O)[O-])cc2)n1. The minimum Gasteiger partial charge on any atom is -0.481 e. The fourth-order valence-electron chi connectivity index (χ4n) is 1.73. The van der Waals surface area contributed by atoms with Crippen molar-refractivity contribution < 1.29 is 19.9 Å². The molecule has 0 aliphatic heterocycles. The minimum atomic E-state index is -1.10. The number of carboxylic acids is 1. The zero-order valence-electron chi connectivity index (χ0n) is 10.8. The highest BCUT2D eigenvalue weighted by Gasteiger charge is 2.13. The van der Waals surface area contributed by atoms with Crippen molar-refractivity contribution >= 4 is 11.7 Å². The monoisotopic (exact) mass is 292 g/mol. The van der Waals surface area contributed by atoms with Gasteiger partial charge in [0, 0.05) is 17.7 Å². The lowest BCUT2D eigenvalue weighted by Crippen LogP contribution is -2.20. The van der Waals surface area contributed by atoms with E-state index in [0.717, 1.165) is 0 Å². The molecule has 0 aliphatic rings. The zero-order valence-corrected chi connectivity index (χ0v) is 10.8. The van der Waals surface area contributed by atoms with Crippen LogP contribution >= 0.6 is 0 Å². The predicted molar refractivity (Wildman–Crippen MR) is 70.4 cm³/mol. The lowest BCUT2D eigenvalue weighted by molar-refractivity contribution is -0.384. The fraction of sp³-hybridized carbons (Fsp3) is 0.250. The van der Waals surface area contributed by atoms with Crippen molar-refractivity contribution in [2.75, 3.05) is 0 Å². The number of rotatable bonds is 6. The summed E-state index contributed by atoms with van der Waals surface area (Å²) in [5.41, 5.74) is 0.558. The molecule has 2 aromatic rings. The molecule has 2 N–H and O–H groups in total. The van der Waals surface area contributed by atoms with Crippen LogP contribution in [0.25, 0.3) is 11.4 Å². The molecular weight excluding hydrogens is 280 g/mol. The Labute approximate surface area is 118 Å². The molecule has 110 valence electrons. The Bertz CT molecular complexity index is 652. The fourth-order valence-corrected chi connectivity index (χ4v) is 1.73. The maximum Gasteiger partial charge on any atom is 0.306 e. The van der Waals surface area contributed by atoms with Gasteiger partial charge in [0.15, 0.2) is 5.82 Å². The molecule has 1 aromatic heterocycles. The summed E-state index contributed by atoms with van der Waals surface area (Å²) in [6.45, 7) is 0.00623. The third kappa shape index (κ3) is 3.83. The van der Waals surface area contributed by atoms with Crippen molar-refractivity contribution in [1.82, 2.24) is 14.8 Å². The highest BCUT2D eigenvalue weighted by molar-refractivity contribution is 5.67. The number of aromatic nitrogens is 3. The van der Waals surface area contributed by atoms with Gasteiger partial charge in [0.1, 0.15) is 6.33 Å². The standard InChI is InChI=1S/C12H12N4O5/c17-10(5-11(18)19)6-15-7-13-12(14-15)8-1-3-9(4-2-8)16(20)21/h1-4,7,10,17H,5-6H2,(H,18,19). The summed E-state index contributed by atoms with van der Waals surface area (Å²) in [6, 6.07) is 5.72. The maximum atomic E-state index is 10.6. The van der Waals surface area contributed by atoms with E-state index in [1.54, 1.807) is 0 Å². The average Bonchev–Trinajstić information content (AvgIpc) is 2.86. The Morgan fingerprint density at radius 3 is 2.62 bits per heavy atom. The first-order chi connectivity index (χ1) is 9.95. The molecule has 0 bridgehead atoms. The summed E-state index contributed by atoms with van der Waals surface area (Å²) in [7, 11) is 0. The molecule has 0 fully saturated rings. The number of non-ortho nitro benzene ring substituents is 1. The Balaban J connectivity index is 2.08. The van der Waals surface area contributed by atoms with Crippen LogP contribution in [0.2, 0.25) is 0 Å². The molecule has 1 heterocycles. The number of carbonyl (C=O) groups is 1. The largest absolute Gasteiger partial charge is 0.481 e. The van der Waals surface area contributed by atoms with E-state index in [1.165, 1.54) is 35.3 Å². The number of nitrogens with zero attached hydrogens (tertiary/aromatic N) is 4. The Kier molecular flexibility index (Phi) is 4.24. The van der Waals surface area contributed by atoms with Crippen molar-refractivity contribution in [3.63, 3.8) is 0 Å². The van der Waals surface area contributed by atoms with Crippen molar-refractivity contribution in [2.24, 2.45) is 0 Å². The molecule has 0 amide bonds. The number of aliphatic hydroxyl groups excluding tert-OH is 1. The summed E-state index contributed by atoms with van der Waals surface area (Å²) in [5.74, 6) is -0.759. The molecule has 9 heteroatoms. The van der Waals surface area contributed by atoms with Crippen LogP contribution in [-0.2, 0) is 11.3 Å². The van der Waals surface area contributed by atoms with Gasteiger partial charge in [-0.05, 0) is 12.1 Å². The van der Waals surface area contributed by atoms with Gasteiger partial charge < -0.3 is 10.2 Å². The van der Waals surface area contributed by atoms with E-state index >= 15 is 0 Å². The van der Waals surface area contributed by atoms with E-state index in [2.05, 4.69) is 10.1 Å². The Morgan fingerprint density at radius 2 is 2.05 bits per heavy atom. The number of nitro benzene ring substituents is 1. The van der Waals surface area contributed by atoms with Gasteiger partial charge in [-0.2, -0.15) is 5.10 Å². The van der Waals surface area contributed by atoms with Crippen molar-refractivity contribution in [3.8, 4) is 11.4 Å². The van der Waals surface area contributed by atoms with Crippen LogP contribution in [0.5, 0.6) is 0 Å². The third-order valence-electron chi connectivity index (χ3n) is 2.68. The quantitative estimate of drug-likeness (QED) is 0.591. The smallest absolute Gasteiger partial charge is 0.306 e. The van der Waals surface area contributed by atoms with Gasteiger partial charge in [-0.25, -0.2) is 9.67 Å². The molecular formula is C12H12N4O5. The summed E-state index contributed by atoms with van der Waals surface area (Å²) in [5, 5.41) is 32.7. The molecule has 0 saturated carbocycles. The van der Waals surface area contributed by atoms with Gasteiger partial charge in [0.05, 0.1) is 24.0 Å². The second-order valence-corrected chi connectivity index (χ2v) is 4.35. The normalized spacial score (nSPS) is 12.0. The van der Waals surface area contributed by atoms with E-state index in [-0.39, 0.29) is 18.7 Å². The average molecular weight is 292 g/mol. The Hall–Kier alpha value is -2.81. The minimum absolute atomic E-state index is 0.00623. The van der Waals surface area contributed by atoms with Crippen LogP contribution < -0.4 is 0 Å². The van der Waals surface area contributed by atoms with E-state index in [0.29, 0.717) is 11.4 Å². The van der Waals surface area contributed by atoms with Crippen LogP contribution in [0.1, 0.15) is 6.42 Å². The maximum absolute atomic E-state index is 10.6. The number of hydrogen-bond acceptors (Lipinski definition) is 6. The number of aliphatic carboxylic acids is 1. The molecule has 1 aromatic carbocycles. The number of hydrogen-bond donors (Lipinski definition) is 2. The molecule has 0 radical (unpaired) electrons. The lowest BCUT2D eigenvalue weighted by atomic mass is 10.2. The van der Waals surface area contributed by atoms with E-state index < -0.39 is 17.0 Å². The molecule has 0 aliphatic carbocycles. The second kappa shape index (κ2) is 6.09. The molecule has 0 saturated heterocycles. The summed E-state index contributed by atoms with van der Waals surface area (Å²) >= 11 is 0. The van der Waals surface area contributed by atoms with Crippen molar-refractivity contribution in [3.05, 3.63) is 40.7 Å². The van der Waals surface area contributed by atoms with Gasteiger partial charge in [-0.3, -0.25) is 14.9 Å². The number of aliphatic hydroxyl groups is 1. The van der Waals surface area contributed by atoms with Gasteiger partial charge in [0.2, 0.25) is 0 Å². The molecule has 1 unspecified atom stereocenters. The molecule has 2 rings (SSSR count). The first-order valence-electron chi connectivity index (χ1n) is 6.00. The molecule has 0 spiro atoms. The van der Waals surface area contributed by atoms with Gasteiger partial charge in [-0.15, -0.1) is 0 Å². The van der Waals surface area contributed by atoms with Crippen LogP contribution in [-0.4, -0.2) is 42.0 Å². The molecule has 21 heavy (non-hydrogen) atoms. The Morgan fingerprint density at radius 1 is 1.38 bits per heavy atom. The van der Waals surface area contributed by atoms with Gasteiger partial charge in [-0.1, -0.05) is 0 Å². The first-order valence-corrected chi connectivity index (χ1v) is 6.00. The first kappa shape index (κ1) is 14.6. The van der Waals surface area contributed by atoms with Crippen LogP contribution in [0.3, 0.4) is 0 Å². The van der Waals surface area contributed by atoms with Crippen LogP contribution in [0.4, 0.5) is 5.69 Å². The highest BCUT2D eigenvalue weighted by Crippen LogP contribution is 2.18. The van der Waals surface area contributed by atoms with E-state index in [9.17, 15) is 20.0 Å². The van der Waals surface area contributed by atoms with E-state index in [1.807, 2.05) is 0 Å². The second-order valence-electron chi connectivity index (χ2n) is 4.35. The molecule has 9 nitrogen and oxygen atoms in total. The lowest BCUT2D eigenvalue weighted by Gasteiger charge is -2.06. The third-order valence-corrected chi connectivity index (χ3v) is 2.68. The van der Waals surface area contributed by atoms with Gasteiger partial charge in [0.25, 0.3) is 5.69 Å². The van der Waals surface area contributed by atoms with Crippen LogP contribution in [0, 0.1) is 10.1 Å². The summed E-state index contributed by atoms with van der Waals surface area (Å²) in [6.07, 6.45) is -0.0805. The van der Waals surface area contributed by atoms with Crippen molar-refractivity contribution in [1.29, 1.82) is 0 Å². The van der Waals surface area contributed by atoms with E-state index in [4.69, 9.17) is 5.11 Å². The topological polar surface area (TPSA) is 131 Å². The number of nitro groups is 1. The predicted octanol–water partition coefficient (Wildman–Crippen LogP) is 0.689. The van der Waals surface area contributed by atoms with Crippen molar-refractivity contribution in [2.45, 2.75) is 19.1 Å². The number of benzene rings is 1.